The molecule has 1 rings (SSSR count). The molecule has 0 aliphatic heterocycles. The minimum atomic E-state index is -0.528. The third-order valence-corrected chi connectivity index (χ3v) is 2.56. The van der Waals surface area contributed by atoms with E-state index in [1.54, 1.807) is 51.1 Å². The zero-order valence-electron chi connectivity index (χ0n) is 13.3. The van der Waals surface area contributed by atoms with Gasteiger partial charge in [0.1, 0.15) is 5.60 Å². The number of alkyl carbamates (subject to hydrolysis) is 1. The molecule has 0 fully saturated rings. The van der Waals surface area contributed by atoms with Gasteiger partial charge in [-0.05, 0) is 38.5 Å². The number of rotatable bonds is 4. The Morgan fingerprint density at radius 1 is 1.32 bits per heavy atom. The van der Waals surface area contributed by atoms with E-state index < -0.39 is 17.7 Å². The number of nitrogens with one attached hydrogen (secondary N) is 1. The van der Waals surface area contributed by atoms with Crippen LogP contribution in [0.2, 0.25) is 0 Å². The van der Waals surface area contributed by atoms with E-state index in [-0.39, 0.29) is 0 Å². The van der Waals surface area contributed by atoms with Crippen molar-refractivity contribution in [2.24, 2.45) is 0 Å². The fourth-order valence-corrected chi connectivity index (χ4v) is 1.62. The van der Waals surface area contributed by atoms with Gasteiger partial charge >= 0.3 is 12.1 Å². The van der Waals surface area contributed by atoms with Crippen LogP contribution in [0, 0.1) is 0 Å². The number of amides is 1. The lowest BCUT2D eigenvalue weighted by atomic mass is 10.1. The summed E-state index contributed by atoms with van der Waals surface area (Å²) in [6.07, 6.45) is 3.03. The second kappa shape index (κ2) is 7.49. The number of hydrogen-bond donors (Lipinski definition) is 2. The van der Waals surface area contributed by atoms with Crippen LogP contribution in [0.25, 0.3) is 6.08 Å². The summed E-state index contributed by atoms with van der Waals surface area (Å²) in [7, 11) is 1.30. The van der Waals surface area contributed by atoms with Crippen molar-refractivity contribution >= 4 is 23.8 Å². The first-order valence-corrected chi connectivity index (χ1v) is 6.84. The Balaban J connectivity index is 2.60. The van der Waals surface area contributed by atoms with Crippen LogP contribution in [-0.4, -0.2) is 31.3 Å². The monoisotopic (exact) mass is 306 g/mol. The summed E-state index contributed by atoms with van der Waals surface area (Å²) in [5.74, 6) is -0.486. The standard InChI is InChI=1S/C16H22N2O4/c1-16(2,3)22-15(20)18-9-5-6-11-7-8-13(17)12(10-11)14(19)21-4/h5-8,10H,9,17H2,1-4H3,(H,18,20). The summed E-state index contributed by atoms with van der Waals surface area (Å²) in [4.78, 5) is 23.0. The van der Waals surface area contributed by atoms with Crippen molar-refractivity contribution in [3.63, 3.8) is 0 Å². The fraction of sp³-hybridized carbons (Fsp3) is 0.375. The highest BCUT2D eigenvalue weighted by Gasteiger charge is 2.15. The lowest BCUT2D eigenvalue weighted by molar-refractivity contribution is 0.0532. The van der Waals surface area contributed by atoms with Gasteiger partial charge in [-0.25, -0.2) is 9.59 Å². The summed E-state index contributed by atoms with van der Waals surface area (Å²) in [6, 6.07) is 5.03. The zero-order chi connectivity index (χ0) is 16.8. The molecule has 1 aromatic rings. The minimum Gasteiger partial charge on any atom is -0.465 e. The molecule has 0 spiro atoms. The summed E-state index contributed by atoms with van der Waals surface area (Å²) < 4.78 is 9.77. The third kappa shape index (κ3) is 5.87. The number of nitrogens with two attached hydrogens (primary N) is 1. The molecular formula is C16H22N2O4. The Kier molecular flexibility index (Phi) is 5.98. The predicted molar refractivity (Wildman–Crippen MR) is 85.5 cm³/mol. The van der Waals surface area contributed by atoms with Gasteiger partial charge in [0.15, 0.2) is 0 Å². The molecule has 0 bridgehead atoms. The van der Waals surface area contributed by atoms with Crippen molar-refractivity contribution in [3.8, 4) is 0 Å². The predicted octanol–water partition coefficient (Wildman–Crippen LogP) is 2.59. The van der Waals surface area contributed by atoms with Gasteiger partial charge in [-0.3, -0.25) is 0 Å². The number of ether oxygens (including phenoxy) is 2. The van der Waals surface area contributed by atoms with Crippen LogP contribution >= 0.6 is 0 Å². The first-order chi connectivity index (χ1) is 10.2. The number of nitrogen functional groups attached to an aromatic ring is 1. The van der Waals surface area contributed by atoms with Gasteiger partial charge < -0.3 is 20.5 Å². The second-order valence-corrected chi connectivity index (χ2v) is 5.62. The lowest BCUT2D eigenvalue weighted by Gasteiger charge is -2.19. The molecule has 0 saturated heterocycles. The van der Waals surface area contributed by atoms with E-state index in [4.69, 9.17) is 10.5 Å². The zero-order valence-corrected chi connectivity index (χ0v) is 13.3. The number of esters is 1. The van der Waals surface area contributed by atoms with E-state index in [0.29, 0.717) is 17.8 Å². The number of anilines is 1. The van der Waals surface area contributed by atoms with E-state index >= 15 is 0 Å². The molecule has 120 valence electrons. The van der Waals surface area contributed by atoms with Crippen molar-refractivity contribution in [1.82, 2.24) is 5.32 Å². The summed E-state index contributed by atoms with van der Waals surface area (Å²) in [5.41, 5.74) is 6.64. The number of methoxy groups -OCH3 is 1. The van der Waals surface area contributed by atoms with E-state index in [0.717, 1.165) is 5.56 Å². The SMILES string of the molecule is COC(=O)c1cc(C=CCNC(=O)OC(C)(C)C)ccc1N. The Labute approximate surface area is 130 Å². The lowest BCUT2D eigenvalue weighted by Crippen LogP contribution is -2.32. The minimum absolute atomic E-state index is 0.310. The number of carbonyl (C=O) groups is 2. The summed E-state index contributed by atoms with van der Waals surface area (Å²) >= 11 is 0. The van der Waals surface area contributed by atoms with Gasteiger partial charge in [-0.1, -0.05) is 18.2 Å². The van der Waals surface area contributed by atoms with Crippen molar-refractivity contribution in [3.05, 3.63) is 35.4 Å². The molecule has 0 aliphatic carbocycles. The van der Waals surface area contributed by atoms with Gasteiger partial charge in [0, 0.05) is 12.2 Å². The van der Waals surface area contributed by atoms with Crippen LogP contribution in [0.1, 0.15) is 36.7 Å². The molecule has 0 aliphatic rings. The maximum atomic E-state index is 11.5. The van der Waals surface area contributed by atoms with Crippen molar-refractivity contribution in [2.75, 3.05) is 19.4 Å². The number of hydrogen-bond acceptors (Lipinski definition) is 5. The van der Waals surface area contributed by atoms with Crippen LogP contribution in [0.15, 0.2) is 24.3 Å². The third-order valence-electron chi connectivity index (χ3n) is 2.56. The van der Waals surface area contributed by atoms with Gasteiger partial charge in [-0.2, -0.15) is 0 Å². The molecule has 0 saturated carbocycles. The molecule has 6 nitrogen and oxygen atoms in total. The van der Waals surface area contributed by atoms with Crippen molar-refractivity contribution in [1.29, 1.82) is 0 Å². The van der Waals surface area contributed by atoms with Gasteiger partial charge in [-0.15, -0.1) is 0 Å². The van der Waals surface area contributed by atoms with Gasteiger partial charge in [0.05, 0.1) is 12.7 Å². The van der Waals surface area contributed by atoms with E-state index in [9.17, 15) is 9.59 Å². The smallest absolute Gasteiger partial charge is 0.407 e. The van der Waals surface area contributed by atoms with Crippen molar-refractivity contribution < 1.29 is 19.1 Å². The Morgan fingerprint density at radius 2 is 2.00 bits per heavy atom. The number of carbonyl (C=O) groups excluding carboxylic acids is 2. The van der Waals surface area contributed by atoms with Crippen LogP contribution in [0.5, 0.6) is 0 Å². The molecule has 0 heterocycles. The normalized spacial score (nSPS) is 11.3. The molecule has 22 heavy (non-hydrogen) atoms. The van der Waals surface area contributed by atoms with E-state index in [2.05, 4.69) is 10.1 Å². The van der Waals surface area contributed by atoms with E-state index in [1.807, 2.05) is 0 Å². The molecule has 1 amide bonds. The van der Waals surface area contributed by atoms with Crippen LogP contribution in [-0.2, 0) is 9.47 Å². The number of benzene rings is 1. The van der Waals surface area contributed by atoms with Crippen LogP contribution in [0.4, 0.5) is 10.5 Å². The molecule has 0 radical (unpaired) electrons. The Morgan fingerprint density at radius 3 is 2.59 bits per heavy atom. The van der Waals surface area contributed by atoms with Crippen LogP contribution < -0.4 is 11.1 Å². The molecular weight excluding hydrogens is 284 g/mol. The fourth-order valence-electron chi connectivity index (χ4n) is 1.62. The largest absolute Gasteiger partial charge is 0.465 e. The molecule has 3 N–H and O–H groups in total. The first-order valence-electron chi connectivity index (χ1n) is 6.84. The molecule has 6 heteroatoms. The first kappa shape index (κ1) is 17.6. The summed E-state index contributed by atoms with van der Waals surface area (Å²) in [6.45, 7) is 5.70. The quantitative estimate of drug-likeness (QED) is 0.659. The summed E-state index contributed by atoms with van der Waals surface area (Å²) in [5, 5.41) is 2.61. The topological polar surface area (TPSA) is 90.6 Å². The molecule has 0 aromatic heterocycles. The maximum absolute atomic E-state index is 11.5. The highest BCUT2D eigenvalue weighted by molar-refractivity contribution is 5.95. The second-order valence-electron chi connectivity index (χ2n) is 5.62. The van der Waals surface area contributed by atoms with Crippen LogP contribution in [0.3, 0.4) is 0 Å². The highest BCUT2D eigenvalue weighted by atomic mass is 16.6. The van der Waals surface area contributed by atoms with Gasteiger partial charge in [0.2, 0.25) is 0 Å². The Bertz CT molecular complexity index is 574. The van der Waals surface area contributed by atoms with Crippen molar-refractivity contribution in [2.45, 2.75) is 26.4 Å². The molecule has 0 atom stereocenters. The van der Waals surface area contributed by atoms with Gasteiger partial charge in [0.25, 0.3) is 0 Å². The molecule has 1 aromatic carbocycles. The Hall–Kier alpha value is -2.50. The molecule has 0 unspecified atom stereocenters. The maximum Gasteiger partial charge on any atom is 0.407 e. The van der Waals surface area contributed by atoms with E-state index in [1.165, 1.54) is 7.11 Å². The average Bonchev–Trinajstić information content (AvgIpc) is 2.42. The average molecular weight is 306 g/mol. The highest BCUT2D eigenvalue weighted by Crippen LogP contribution is 2.16.